The molecular weight excluding hydrogens is 366 g/mol. The fourth-order valence-electron chi connectivity index (χ4n) is 4.13. The van der Waals surface area contributed by atoms with Crippen molar-refractivity contribution in [2.75, 3.05) is 0 Å². The first-order valence-electron chi connectivity index (χ1n) is 10.9. The van der Waals surface area contributed by atoms with E-state index in [4.69, 9.17) is 5.11 Å². The van der Waals surface area contributed by atoms with Gasteiger partial charge in [-0.1, -0.05) is 45.4 Å². The van der Waals surface area contributed by atoms with Crippen molar-refractivity contribution in [1.29, 1.82) is 0 Å². The van der Waals surface area contributed by atoms with Crippen molar-refractivity contribution in [2.24, 2.45) is 11.8 Å². The molecule has 0 bridgehead atoms. The standard InChI is InChI=1S/C22H36F2O4/c1-2-3-4-9-16-22(23,24)20(26)15-13-17-12-14-19(25)18(17)10-7-5-6-8-11-21(27)28/h17-18H,2-16H2,1H3,(H,27,28)/t17-,18-/m1/s1. The Labute approximate surface area is 167 Å². The minimum absolute atomic E-state index is 0.0337. The molecule has 28 heavy (non-hydrogen) atoms. The van der Waals surface area contributed by atoms with Crippen LogP contribution in [0.5, 0.6) is 0 Å². The van der Waals surface area contributed by atoms with Crippen molar-refractivity contribution in [3.63, 3.8) is 0 Å². The summed E-state index contributed by atoms with van der Waals surface area (Å²) < 4.78 is 28.0. The van der Waals surface area contributed by atoms with Gasteiger partial charge in [-0.25, -0.2) is 0 Å². The molecule has 2 atom stereocenters. The summed E-state index contributed by atoms with van der Waals surface area (Å²) in [7, 11) is 0. The summed E-state index contributed by atoms with van der Waals surface area (Å²) in [5.41, 5.74) is 0. The van der Waals surface area contributed by atoms with Crippen molar-refractivity contribution < 1.29 is 28.3 Å². The lowest BCUT2D eigenvalue weighted by molar-refractivity contribution is -0.144. The molecule has 1 fully saturated rings. The molecule has 0 heterocycles. The lowest BCUT2D eigenvalue weighted by Crippen LogP contribution is -2.29. The number of carboxylic acids is 1. The number of carbonyl (C=O) groups excluding carboxylic acids is 2. The summed E-state index contributed by atoms with van der Waals surface area (Å²) in [5.74, 6) is -4.91. The van der Waals surface area contributed by atoms with Crippen molar-refractivity contribution in [2.45, 2.75) is 109 Å². The van der Waals surface area contributed by atoms with Gasteiger partial charge in [0.2, 0.25) is 5.78 Å². The predicted octanol–water partition coefficient (Wildman–Crippen LogP) is 5.96. The molecule has 0 aromatic heterocycles. The zero-order valence-corrected chi connectivity index (χ0v) is 17.2. The fraction of sp³-hybridized carbons (Fsp3) is 0.864. The van der Waals surface area contributed by atoms with Gasteiger partial charge in [-0.3, -0.25) is 14.4 Å². The number of carboxylic acid groups (broad SMARTS) is 1. The molecule has 0 unspecified atom stereocenters. The second-order valence-electron chi connectivity index (χ2n) is 8.20. The van der Waals surface area contributed by atoms with Gasteiger partial charge in [0.25, 0.3) is 0 Å². The molecule has 1 aliphatic rings. The predicted molar refractivity (Wildman–Crippen MR) is 105 cm³/mol. The van der Waals surface area contributed by atoms with Crippen LogP contribution in [0.25, 0.3) is 0 Å². The lowest BCUT2D eigenvalue weighted by atomic mass is 9.85. The van der Waals surface area contributed by atoms with Gasteiger partial charge in [0.15, 0.2) is 0 Å². The second kappa shape index (κ2) is 13.0. The summed E-state index contributed by atoms with van der Waals surface area (Å²) in [5, 5.41) is 8.62. The Hall–Kier alpha value is -1.33. The number of ketones is 2. The summed E-state index contributed by atoms with van der Waals surface area (Å²) in [4.78, 5) is 34.6. The number of alkyl halides is 2. The molecule has 162 valence electrons. The van der Waals surface area contributed by atoms with E-state index >= 15 is 0 Å². The van der Waals surface area contributed by atoms with Crippen LogP contribution < -0.4 is 0 Å². The number of aliphatic carboxylic acids is 1. The molecule has 0 aromatic carbocycles. The normalized spacial score (nSPS) is 19.9. The molecule has 6 heteroatoms. The summed E-state index contributed by atoms with van der Waals surface area (Å²) in [6.45, 7) is 2.01. The number of Topliss-reactive ketones (excluding diaryl/α,β-unsaturated/α-hetero) is 2. The minimum atomic E-state index is -3.24. The lowest BCUT2D eigenvalue weighted by Gasteiger charge is -2.20. The Morgan fingerprint density at radius 1 is 1.00 bits per heavy atom. The Morgan fingerprint density at radius 3 is 2.36 bits per heavy atom. The van der Waals surface area contributed by atoms with Crippen LogP contribution in [0, 0.1) is 11.8 Å². The van der Waals surface area contributed by atoms with E-state index < -0.39 is 17.7 Å². The molecule has 0 aromatic rings. The zero-order valence-electron chi connectivity index (χ0n) is 17.2. The highest BCUT2D eigenvalue weighted by Crippen LogP contribution is 2.37. The molecule has 0 aliphatic heterocycles. The Balaban J connectivity index is 2.33. The zero-order chi connectivity index (χ0) is 21.0. The maximum absolute atomic E-state index is 14.0. The molecular formula is C22H36F2O4. The van der Waals surface area contributed by atoms with Gasteiger partial charge >= 0.3 is 11.9 Å². The van der Waals surface area contributed by atoms with Gasteiger partial charge in [0.05, 0.1) is 0 Å². The van der Waals surface area contributed by atoms with Gasteiger partial charge < -0.3 is 5.11 Å². The molecule has 1 N–H and O–H groups in total. The number of halogens is 2. The second-order valence-corrected chi connectivity index (χ2v) is 8.20. The average molecular weight is 403 g/mol. The van der Waals surface area contributed by atoms with E-state index in [0.29, 0.717) is 32.1 Å². The fourth-order valence-corrected chi connectivity index (χ4v) is 4.13. The van der Waals surface area contributed by atoms with Gasteiger partial charge in [-0.15, -0.1) is 0 Å². The maximum Gasteiger partial charge on any atom is 0.305 e. The highest BCUT2D eigenvalue weighted by atomic mass is 19.3. The molecule has 0 radical (unpaired) electrons. The molecule has 0 spiro atoms. The van der Waals surface area contributed by atoms with E-state index in [1.807, 2.05) is 6.92 Å². The third-order valence-corrected chi connectivity index (χ3v) is 5.89. The van der Waals surface area contributed by atoms with Crippen LogP contribution in [0.1, 0.15) is 103 Å². The highest BCUT2D eigenvalue weighted by Gasteiger charge is 2.39. The first kappa shape index (κ1) is 24.7. The van der Waals surface area contributed by atoms with Crippen LogP contribution in [0.4, 0.5) is 8.78 Å². The van der Waals surface area contributed by atoms with E-state index in [1.165, 1.54) is 0 Å². The number of unbranched alkanes of at least 4 members (excludes halogenated alkanes) is 6. The maximum atomic E-state index is 14.0. The summed E-state index contributed by atoms with van der Waals surface area (Å²) >= 11 is 0. The van der Waals surface area contributed by atoms with Crippen LogP contribution in [-0.4, -0.2) is 28.6 Å². The Kier molecular flexibility index (Phi) is 11.5. The smallest absolute Gasteiger partial charge is 0.305 e. The van der Waals surface area contributed by atoms with E-state index in [1.54, 1.807) is 0 Å². The van der Waals surface area contributed by atoms with Crippen LogP contribution in [0.15, 0.2) is 0 Å². The van der Waals surface area contributed by atoms with Crippen LogP contribution in [0.3, 0.4) is 0 Å². The Morgan fingerprint density at radius 2 is 1.68 bits per heavy atom. The molecule has 1 saturated carbocycles. The first-order valence-corrected chi connectivity index (χ1v) is 10.9. The molecule has 1 rings (SSSR count). The van der Waals surface area contributed by atoms with Crippen LogP contribution >= 0.6 is 0 Å². The van der Waals surface area contributed by atoms with E-state index in [2.05, 4.69) is 0 Å². The van der Waals surface area contributed by atoms with E-state index in [-0.39, 0.29) is 36.9 Å². The van der Waals surface area contributed by atoms with Gasteiger partial charge in [-0.05, 0) is 38.0 Å². The summed E-state index contributed by atoms with van der Waals surface area (Å²) in [6, 6.07) is 0. The number of rotatable bonds is 16. The summed E-state index contributed by atoms with van der Waals surface area (Å²) in [6.07, 6.45) is 8.08. The van der Waals surface area contributed by atoms with Crippen molar-refractivity contribution in [1.82, 2.24) is 0 Å². The third-order valence-electron chi connectivity index (χ3n) is 5.89. The van der Waals surface area contributed by atoms with Crippen molar-refractivity contribution in [3.05, 3.63) is 0 Å². The van der Waals surface area contributed by atoms with Gasteiger partial charge in [0, 0.05) is 31.6 Å². The largest absolute Gasteiger partial charge is 0.481 e. The highest BCUT2D eigenvalue weighted by molar-refractivity contribution is 5.86. The van der Waals surface area contributed by atoms with Crippen LogP contribution in [0.2, 0.25) is 0 Å². The molecule has 1 aliphatic carbocycles. The first-order chi connectivity index (χ1) is 13.3. The monoisotopic (exact) mass is 402 g/mol. The van der Waals surface area contributed by atoms with Crippen molar-refractivity contribution in [3.8, 4) is 0 Å². The van der Waals surface area contributed by atoms with Crippen molar-refractivity contribution >= 4 is 17.5 Å². The Bertz CT molecular complexity index is 505. The minimum Gasteiger partial charge on any atom is -0.481 e. The SMILES string of the molecule is CCCCCCC(F)(F)C(=O)CC[C@H]1CCC(=O)[C@@H]1CCCCCCC(=O)O. The third kappa shape index (κ3) is 9.24. The quantitative estimate of drug-likeness (QED) is 0.323. The average Bonchev–Trinajstić information content (AvgIpc) is 2.99. The van der Waals surface area contributed by atoms with Crippen LogP contribution in [-0.2, 0) is 14.4 Å². The molecule has 0 amide bonds. The number of carbonyl (C=O) groups is 3. The molecule has 0 saturated heterocycles. The topological polar surface area (TPSA) is 71.4 Å². The van der Waals surface area contributed by atoms with Gasteiger partial charge in [-0.2, -0.15) is 8.78 Å². The van der Waals surface area contributed by atoms with E-state index in [0.717, 1.165) is 44.9 Å². The number of hydrogen-bond acceptors (Lipinski definition) is 3. The van der Waals surface area contributed by atoms with Gasteiger partial charge in [0.1, 0.15) is 5.78 Å². The molecule has 4 nitrogen and oxygen atoms in total. The van der Waals surface area contributed by atoms with E-state index in [9.17, 15) is 23.2 Å². The number of hydrogen-bond donors (Lipinski definition) is 1.